The van der Waals surface area contributed by atoms with Crippen molar-refractivity contribution in [2.45, 2.75) is 37.4 Å². The Bertz CT molecular complexity index is 611. The summed E-state index contributed by atoms with van der Waals surface area (Å²) in [5.41, 5.74) is 5.57. The van der Waals surface area contributed by atoms with Crippen LogP contribution in [0.2, 0.25) is 0 Å². The SMILES string of the molecule is CCn1cc(S(=O)(=O)N2CCCC(C(F)(F)F)C2)c(N)n1. The molecule has 0 saturated carbocycles. The van der Waals surface area contributed by atoms with Crippen LogP contribution in [-0.2, 0) is 16.6 Å². The molecule has 1 aromatic rings. The van der Waals surface area contributed by atoms with Gasteiger partial charge in [-0.2, -0.15) is 22.6 Å². The first-order chi connectivity index (χ1) is 9.66. The molecule has 2 N–H and O–H groups in total. The lowest BCUT2D eigenvalue weighted by atomic mass is 9.99. The summed E-state index contributed by atoms with van der Waals surface area (Å²) in [5.74, 6) is -1.82. The first-order valence-corrected chi connectivity index (χ1v) is 8.00. The highest BCUT2D eigenvalue weighted by Gasteiger charge is 2.44. The van der Waals surface area contributed by atoms with Crippen molar-refractivity contribution in [1.29, 1.82) is 0 Å². The summed E-state index contributed by atoms with van der Waals surface area (Å²) >= 11 is 0. The molecule has 0 spiro atoms. The topological polar surface area (TPSA) is 81.2 Å². The second kappa shape index (κ2) is 5.48. The van der Waals surface area contributed by atoms with Gasteiger partial charge < -0.3 is 5.73 Å². The van der Waals surface area contributed by atoms with Gasteiger partial charge in [0.25, 0.3) is 0 Å². The van der Waals surface area contributed by atoms with E-state index in [0.717, 1.165) is 4.31 Å². The number of nitrogens with zero attached hydrogens (tertiary/aromatic N) is 3. The lowest BCUT2D eigenvalue weighted by Gasteiger charge is -2.32. The van der Waals surface area contributed by atoms with E-state index in [1.807, 2.05) is 0 Å². The van der Waals surface area contributed by atoms with Gasteiger partial charge in [0.1, 0.15) is 4.90 Å². The van der Waals surface area contributed by atoms with E-state index in [2.05, 4.69) is 5.10 Å². The number of nitrogens with two attached hydrogens (primary N) is 1. The van der Waals surface area contributed by atoms with Crippen LogP contribution in [-0.4, -0.2) is 41.8 Å². The highest BCUT2D eigenvalue weighted by atomic mass is 32.2. The van der Waals surface area contributed by atoms with Gasteiger partial charge in [-0.25, -0.2) is 8.42 Å². The van der Waals surface area contributed by atoms with Gasteiger partial charge in [-0.3, -0.25) is 4.68 Å². The van der Waals surface area contributed by atoms with Crippen LogP contribution in [0.4, 0.5) is 19.0 Å². The number of aryl methyl sites for hydroxylation is 1. The van der Waals surface area contributed by atoms with Crippen LogP contribution in [0.3, 0.4) is 0 Å². The molecule has 0 bridgehead atoms. The van der Waals surface area contributed by atoms with Crippen molar-refractivity contribution in [3.63, 3.8) is 0 Å². The van der Waals surface area contributed by atoms with Gasteiger partial charge in [0.2, 0.25) is 10.0 Å². The number of alkyl halides is 3. The summed E-state index contributed by atoms with van der Waals surface area (Å²) in [6.07, 6.45) is -3.03. The molecule has 0 radical (unpaired) electrons. The molecule has 0 amide bonds. The van der Waals surface area contributed by atoms with Crippen LogP contribution in [0, 0.1) is 5.92 Å². The lowest BCUT2D eigenvalue weighted by Crippen LogP contribution is -2.44. The highest BCUT2D eigenvalue weighted by Crippen LogP contribution is 2.35. The van der Waals surface area contributed by atoms with Gasteiger partial charge in [0.15, 0.2) is 5.82 Å². The standard InChI is InChI=1S/C11H17F3N4O2S/c1-2-17-7-9(10(15)16-17)21(19,20)18-5-3-4-8(6-18)11(12,13)14/h7-8H,2-6H2,1H3,(H2,15,16). The zero-order chi connectivity index (χ0) is 15.8. The number of piperidine rings is 1. The van der Waals surface area contributed by atoms with Crippen molar-refractivity contribution in [3.05, 3.63) is 6.20 Å². The van der Waals surface area contributed by atoms with Crippen molar-refractivity contribution in [2.24, 2.45) is 5.92 Å². The zero-order valence-corrected chi connectivity index (χ0v) is 12.3. The van der Waals surface area contributed by atoms with E-state index < -0.39 is 28.7 Å². The maximum absolute atomic E-state index is 12.8. The third kappa shape index (κ3) is 3.15. The first-order valence-electron chi connectivity index (χ1n) is 6.56. The van der Waals surface area contributed by atoms with Gasteiger partial charge in [-0.15, -0.1) is 0 Å². The molecule has 1 saturated heterocycles. The van der Waals surface area contributed by atoms with E-state index in [9.17, 15) is 21.6 Å². The maximum atomic E-state index is 12.8. The Morgan fingerprint density at radius 1 is 1.48 bits per heavy atom. The van der Waals surface area contributed by atoms with E-state index in [4.69, 9.17) is 5.73 Å². The van der Waals surface area contributed by atoms with E-state index in [1.165, 1.54) is 10.9 Å². The Hall–Kier alpha value is -1.29. The Balaban J connectivity index is 2.28. The molecule has 1 fully saturated rings. The van der Waals surface area contributed by atoms with Crippen molar-refractivity contribution < 1.29 is 21.6 Å². The van der Waals surface area contributed by atoms with Gasteiger partial charge in [-0.05, 0) is 19.8 Å². The second-order valence-electron chi connectivity index (χ2n) is 4.98. The van der Waals surface area contributed by atoms with Crippen LogP contribution >= 0.6 is 0 Å². The predicted octanol–water partition coefficient (Wildman–Crippen LogP) is 1.45. The molecule has 0 aromatic carbocycles. The third-order valence-electron chi connectivity index (χ3n) is 3.54. The van der Waals surface area contributed by atoms with Gasteiger partial charge in [0.05, 0.1) is 5.92 Å². The van der Waals surface area contributed by atoms with Crippen molar-refractivity contribution in [3.8, 4) is 0 Å². The fourth-order valence-corrected chi connectivity index (χ4v) is 3.93. The number of hydrogen-bond acceptors (Lipinski definition) is 4. The largest absolute Gasteiger partial charge is 0.393 e. The summed E-state index contributed by atoms with van der Waals surface area (Å²) in [7, 11) is -4.05. The normalized spacial score (nSPS) is 21.6. The summed E-state index contributed by atoms with van der Waals surface area (Å²) in [5, 5.41) is 3.82. The maximum Gasteiger partial charge on any atom is 0.393 e. The fraction of sp³-hybridized carbons (Fsp3) is 0.727. The Morgan fingerprint density at radius 2 is 2.14 bits per heavy atom. The van der Waals surface area contributed by atoms with Crippen LogP contribution in [0.1, 0.15) is 19.8 Å². The summed E-state index contributed by atoms with van der Waals surface area (Å²) in [6, 6.07) is 0. The molecule has 1 aromatic heterocycles. The van der Waals surface area contributed by atoms with E-state index >= 15 is 0 Å². The minimum atomic E-state index is -4.40. The summed E-state index contributed by atoms with van der Waals surface area (Å²) < 4.78 is 65.4. The van der Waals surface area contributed by atoms with E-state index in [-0.39, 0.29) is 30.1 Å². The number of anilines is 1. The number of nitrogen functional groups attached to an aromatic ring is 1. The lowest BCUT2D eigenvalue weighted by molar-refractivity contribution is -0.182. The van der Waals surface area contributed by atoms with Crippen molar-refractivity contribution >= 4 is 15.8 Å². The van der Waals surface area contributed by atoms with E-state index in [0.29, 0.717) is 6.54 Å². The average molecular weight is 326 g/mol. The Morgan fingerprint density at radius 3 is 2.67 bits per heavy atom. The van der Waals surface area contributed by atoms with Gasteiger partial charge in [-0.1, -0.05) is 0 Å². The number of halogens is 3. The summed E-state index contributed by atoms with van der Waals surface area (Å²) in [6.45, 7) is 1.67. The molecule has 1 aliphatic rings. The Labute approximate surface area is 120 Å². The molecule has 6 nitrogen and oxygen atoms in total. The molecule has 1 atom stereocenters. The molecule has 1 aliphatic heterocycles. The van der Waals surface area contributed by atoms with Crippen LogP contribution < -0.4 is 5.73 Å². The molecule has 1 unspecified atom stereocenters. The van der Waals surface area contributed by atoms with Crippen molar-refractivity contribution in [2.75, 3.05) is 18.8 Å². The van der Waals surface area contributed by atoms with Crippen LogP contribution in [0.15, 0.2) is 11.1 Å². The fourth-order valence-electron chi connectivity index (χ4n) is 2.35. The molecule has 21 heavy (non-hydrogen) atoms. The van der Waals surface area contributed by atoms with Crippen LogP contribution in [0.25, 0.3) is 0 Å². The molecular formula is C11H17F3N4O2S. The Kier molecular flexibility index (Phi) is 4.20. The number of sulfonamides is 1. The third-order valence-corrected chi connectivity index (χ3v) is 5.43. The molecule has 0 aliphatic carbocycles. The molecular weight excluding hydrogens is 309 g/mol. The smallest absolute Gasteiger partial charge is 0.381 e. The van der Waals surface area contributed by atoms with Crippen LogP contribution in [0.5, 0.6) is 0 Å². The first kappa shape index (κ1) is 16.1. The second-order valence-corrected chi connectivity index (χ2v) is 6.88. The van der Waals surface area contributed by atoms with Gasteiger partial charge in [0, 0.05) is 25.8 Å². The quantitative estimate of drug-likeness (QED) is 0.911. The molecule has 120 valence electrons. The molecule has 10 heteroatoms. The minimum Gasteiger partial charge on any atom is -0.381 e. The minimum absolute atomic E-state index is 0.0563. The average Bonchev–Trinajstić information content (AvgIpc) is 2.80. The highest BCUT2D eigenvalue weighted by molar-refractivity contribution is 7.89. The molecule has 2 rings (SSSR count). The number of aromatic nitrogens is 2. The number of rotatable bonds is 3. The molecule has 2 heterocycles. The van der Waals surface area contributed by atoms with Crippen molar-refractivity contribution in [1.82, 2.24) is 14.1 Å². The van der Waals surface area contributed by atoms with E-state index in [1.54, 1.807) is 6.92 Å². The monoisotopic (exact) mass is 326 g/mol. The van der Waals surface area contributed by atoms with Gasteiger partial charge >= 0.3 is 6.18 Å². The number of hydrogen-bond donors (Lipinski definition) is 1. The summed E-state index contributed by atoms with van der Waals surface area (Å²) in [4.78, 5) is -0.229. The predicted molar refractivity (Wildman–Crippen MR) is 69.9 cm³/mol. The zero-order valence-electron chi connectivity index (χ0n) is 11.5.